The van der Waals surface area contributed by atoms with Crippen molar-refractivity contribution in [2.24, 2.45) is 0 Å². The van der Waals surface area contributed by atoms with Crippen molar-refractivity contribution in [3.05, 3.63) is 88.9 Å². The smallest absolute Gasteiger partial charge is 0.184 e. The van der Waals surface area contributed by atoms with Gasteiger partial charge in [0.25, 0.3) is 0 Å². The van der Waals surface area contributed by atoms with Gasteiger partial charge in [-0.25, -0.2) is 13.1 Å². The molecule has 0 bridgehead atoms. The molecule has 2 aromatic carbocycles. The van der Waals surface area contributed by atoms with E-state index >= 15 is 0 Å². The molecule has 2 aromatic heterocycles. The number of aryl methyl sites for hydroxylation is 2. The Hall–Kier alpha value is -2.70. The summed E-state index contributed by atoms with van der Waals surface area (Å²) in [6, 6.07) is 20.7. The Morgan fingerprint density at radius 2 is 1.71 bits per heavy atom. The summed E-state index contributed by atoms with van der Waals surface area (Å²) in [6.45, 7) is 3.94. The molecule has 0 aliphatic rings. The van der Waals surface area contributed by atoms with Crippen LogP contribution in [0.25, 0.3) is 16.3 Å². The fourth-order valence-electron chi connectivity index (χ4n) is 3.10. The molecule has 0 spiro atoms. The number of para-hydroxylation sites is 1. The van der Waals surface area contributed by atoms with Gasteiger partial charge in [0.15, 0.2) is 9.84 Å². The van der Waals surface area contributed by atoms with Crippen LogP contribution in [0.4, 0.5) is 0 Å². The average molecular weight is 409 g/mol. The Bertz CT molecular complexity index is 1210. The Morgan fingerprint density at radius 3 is 2.39 bits per heavy atom. The van der Waals surface area contributed by atoms with Crippen LogP contribution < -0.4 is 0 Å². The fourth-order valence-corrected chi connectivity index (χ4v) is 5.09. The number of thiophene rings is 1. The molecule has 0 radical (unpaired) electrons. The maximum absolute atomic E-state index is 13.0. The highest BCUT2D eigenvalue weighted by Gasteiger charge is 2.21. The number of aromatic nitrogens is 2. The maximum Gasteiger partial charge on any atom is 0.184 e. The van der Waals surface area contributed by atoms with Crippen LogP contribution >= 0.6 is 11.3 Å². The summed E-state index contributed by atoms with van der Waals surface area (Å²) in [7, 11) is -3.49. The third-order valence-electron chi connectivity index (χ3n) is 4.62. The van der Waals surface area contributed by atoms with Crippen molar-refractivity contribution in [2.45, 2.75) is 24.5 Å². The van der Waals surface area contributed by atoms with Crippen LogP contribution in [0.1, 0.15) is 16.8 Å². The molecule has 2 heterocycles. The Kier molecular flexibility index (Phi) is 4.91. The Labute approximate surface area is 169 Å². The van der Waals surface area contributed by atoms with Gasteiger partial charge in [-0.15, -0.1) is 11.3 Å². The van der Waals surface area contributed by atoms with Gasteiger partial charge >= 0.3 is 0 Å². The zero-order valence-corrected chi connectivity index (χ0v) is 17.3. The summed E-state index contributed by atoms with van der Waals surface area (Å²) in [4.78, 5) is 1.34. The quantitative estimate of drug-likeness (QED) is 0.456. The lowest BCUT2D eigenvalue weighted by Gasteiger charge is -2.11. The molecular formula is C22H20N2O2S2. The van der Waals surface area contributed by atoms with Crippen LogP contribution in [0.2, 0.25) is 0 Å². The van der Waals surface area contributed by atoms with Crippen LogP contribution in [0, 0.1) is 13.8 Å². The van der Waals surface area contributed by atoms with E-state index in [0.717, 1.165) is 27.4 Å². The summed E-state index contributed by atoms with van der Waals surface area (Å²) in [5.74, 6) is -0.108. The van der Waals surface area contributed by atoms with Crippen molar-refractivity contribution in [3.63, 3.8) is 0 Å². The molecule has 28 heavy (non-hydrogen) atoms. The molecule has 0 amide bonds. The van der Waals surface area contributed by atoms with E-state index in [1.54, 1.807) is 28.2 Å². The Balaban J connectivity index is 1.81. The van der Waals surface area contributed by atoms with E-state index in [1.165, 1.54) is 0 Å². The number of benzene rings is 2. The number of hydrogen-bond donors (Lipinski definition) is 0. The van der Waals surface area contributed by atoms with Gasteiger partial charge in [-0.2, -0.15) is 5.10 Å². The second-order valence-corrected chi connectivity index (χ2v) is 9.71. The minimum absolute atomic E-state index is 0.108. The molecule has 0 N–H and O–H groups in total. The first kappa shape index (κ1) is 18.7. The monoisotopic (exact) mass is 408 g/mol. The topological polar surface area (TPSA) is 52.0 Å². The van der Waals surface area contributed by atoms with E-state index in [2.05, 4.69) is 0 Å². The van der Waals surface area contributed by atoms with Gasteiger partial charge < -0.3 is 0 Å². The van der Waals surface area contributed by atoms with Gasteiger partial charge in [0.2, 0.25) is 0 Å². The van der Waals surface area contributed by atoms with E-state index in [4.69, 9.17) is 5.10 Å². The van der Waals surface area contributed by atoms with Crippen molar-refractivity contribution in [2.75, 3.05) is 0 Å². The normalized spacial score (nSPS) is 11.6. The molecule has 0 unspecified atom stereocenters. The van der Waals surface area contributed by atoms with Gasteiger partial charge in [0, 0.05) is 0 Å². The van der Waals surface area contributed by atoms with Crippen molar-refractivity contribution in [1.82, 2.24) is 9.78 Å². The van der Waals surface area contributed by atoms with Crippen LogP contribution in [-0.4, -0.2) is 18.2 Å². The lowest BCUT2D eigenvalue weighted by molar-refractivity contribution is 0.593. The van der Waals surface area contributed by atoms with Gasteiger partial charge in [-0.05, 0) is 55.1 Å². The molecule has 0 atom stereocenters. The fraction of sp³-hybridized carbons (Fsp3) is 0.136. The molecule has 142 valence electrons. The molecule has 0 aliphatic heterocycles. The molecular weight excluding hydrogens is 388 g/mol. The zero-order valence-electron chi connectivity index (χ0n) is 15.7. The highest BCUT2D eigenvalue weighted by atomic mass is 32.2. The van der Waals surface area contributed by atoms with Crippen molar-refractivity contribution in [1.29, 1.82) is 0 Å². The summed E-state index contributed by atoms with van der Waals surface area (Å²) in [5, 5.41) is 6.73. The highest BCUT2D eigenvalue weighted by Crippen LogP contribution is 2.28. The summed E-state index contributed by atoms with van der Waals surface area (Å²) in [6.07, 6.45) is 0. The van der Waals surface area contributed by atoms with Crippen LogP contribution in [0.5, 0.6) is 0 Å². The van der Waals surface area contributed by atoms with Gasteiger partial charge in [-0.3, -0.25) is 0 Å². The number of sulfone groups is 1. The molecule has 4 rings (SSSR count). The molecule has 0 saturated heterocycles. The lowest BCUT2D eigenvalue weighted by atomic mass is 10.2. The standard InChI is InChI=1S/C22H20N2O2S2/c1-16-9-11-19(12-10-16)28(25,26)15-18-14-20(22-8-5-13-27-22)23-24(18)21-7-4-3-6-17(21)2/h3-14H,15H2,1-2H3. The summed E-state index contributed by atoms with van der Waals surface area (Å²) < 4.78 is 27.8. The molecule has 4 nitrogen and oxygen atoms in total. The maximum atomic E-state index is 13.0. The van der Waals surface area contributed by atoms with Crippen LogP contribution in [-0.2, 0) is 15.6 Å². The largest absolute Gasteiger partial charge is 0.236 e. The lowest BCUT2D eigenvalue weighted by Crippen LogP contribution is -2.10. The van der Waals surface area contributed by atoms with Gasteiger partial charge in [0.05, 0.1) is 26.9 Å². The number of hydrogen-bond acceptors (Lipinski definition) is 4. The summed E-state index contributed by atoms with van der Waals surface area (Å²) >= 11 is 1.59. The first-order valence-corrected chi connectivity index (χ1v) is 11.5. The molecule has 4 aromatic rings. The predicted octanol–water partition coefficient (Wildman–Crippen LogP) is 5.19. The first-order valence-electron chi connectivity index (χ1n) is 8.92. The van der Waals surface area contributed by atoms with Crippen molar-refractivity contribution >= 4 is 21.2 Å². The molecule has 0 aliphatic carbocycles. The second kappa shape index (κ2) is 7.37. The van der Waals surface area contributed by atoms with Crippen molar-refractivity contribution < 1.29 is 8.42 Å². The number of rotatable bonds is 5. The minimum atomic E-state index is -3.49. The van der Waals surface area contributed by atoms with Crippen molar-refractivity contribution in [3.8, 4) is 16.3 Å². The Morgan fingerprint density at radius 1 is 0.964 bits per heavy atom. The predicted molar refractivity (Wildman–Crippen MR) is 114 cm³/mol. The zero-order chi connectivity index (χ0) is 19.7. The van der Waals surface area contributed by atoms with Gasteiger partial charge in [0.1, 0.15) is 5.69 Å². The van der Waals surface area contributed by atoms with E-state index in [-0.39, 0.29) is 5.75 Å². The molecule has 0 fully saturated rings. The highest BCUT2D eigenvalue weighted by molar-refractivity contribution is 7.90. The summed E-state index contributed by atoms with van der Waals surface area (Å²) in [5.41, 5.74) is 4.39. The number of nitrogens with zero attached hydrogens (tertiary/aromatic N) is 2. The van der Waals surface area contributed by atoms with E-state index < -0.39 is 9.84 Å². The average Bonchev–Trinajstić information content (AvgIpc) is 3.32. The van der Waals surface area contributed by atoms with E-state index in [9.17, 15) is 8.42 Å². The minimum Gasteiger partial charge on any atom is -0.236 e. The van der Waals surface area contributed by atoms with Crippen LogP contribution in [0.3, 0.4) is 0 Å². The SMILES string of the molecule is Cc1ccc(S(=O)(=O)Cc2cc(-c3cccs3)nn2-c2ccccc2C)cc1. The van der Waals surface area contributed by atoms with E-state index in [1.807, 2.05) is 73.8 Å². The molecule has 6 heteroatoms. The third-order valence-corrected chi connectivity index (χ3v) is 7.18. The third kappa shape index (κ3) is 3.66. The van der Waals surface area contributed by atoms with Crippen LogP contribution in [0.15, 0.2) is 77.0 Å². The first-order chi connectivity index (χ1) is 13.4. The van der Waals surface area contributed by atoms with E-state index in [0.29, 0.717) is 10.6 Å². The molecule has 0 saturated carbocycles. The second-order valence-electron chi connectivity index (χ2n) is 6.77. The van der Waals surface area contributed by atoms with Gasteiger partial charge in [-0.1, -0.05) is 42.0 Å².